The van der Waals surface area contributed by atoms with Gasteiger partial charge in [-0.25, -0.2) is 0 Å². The van der Waals surface area contributed by atoms with Crippen LogP contribution >= 0.6 is 22.7 Å². The van der Waals surface area contributed by atoms with Crippen molar-refractivity contribution < 1.29 is 0 Å². The van der Waals surface area contributed by atoms with E-state index in [-0.39, 0.29) is 6.71 Å². The van der Waals surface area contributed by atoms with Crippen LogP contribution in [0.15, 0.2) is 133 Å². The molecule has 4 heteroatoms. The minimum absolute atomic E-state index is 0.125. The summed E-state index contributed by atoms with van der Waals surface area (Å²) in [6.45, 7) is 0.125. The molecule has 0 saturated carbocycles. The highest BCUT2D eigenvalue weighted by Crippen LogP contribution is 2.47. The Bertz CT molecular complexity index is 2800. The molecule has 210 valence electrons. The average Bonchev–Trinajstić information content (AvgIpc) is 3.73. The number of fused-ring (bicyclic) bond motifs is 7. The summed E-state index contributed by atoms with van der Waals surface area (Å²) in [6, 6.07) is 50.7. The molecule has 0 saturated heterocycles. The van der Waals surface area contributed by atoms with E-state index in [1.54, 1.807) is 0 Å². The topological polar surface area (TPSA) is 4.93 Å². The smallest absolute Gasteiger partial charge is 0.244 e. The monoisotopic (exact) mass is 615 g/mol. The van der Waals surface area contributed by atoms with Crippen LogP contribution in [0.3, 0.4) is 0 Å². The molecule has 0 unspecified atom stereocenters. The highest BCUT2D eigenvalue weighted by Gasteiger charge is 2.38. The summed E-state index contributed by atoms with van der Waals surface area (Å²) < 4.78 is 7.98. The molecule has 0 aliphatic carbocycles. The Morgan fingerprint density at radius 2 is 0.870 bits per heavy atom. The fraction of sp³-hybridized carbons (Fsp3) is 0. The van der Waals surface area contributed by atoms with Crippen LogP contribution in [0.4, 0.5) is 0 Å². The van der Waals surface area contributed by atoms with Crippen molar-refractivity contribution in [1.82, 2.24) is 4.57 Å². The average molecular weight is 616 g/mol. The molecule has 5 heterocycles. The lowest BCUT2D eigenvalue weighted by atomic mass is 9.35. The van der Waals surface area contributed by atoms with Gasteiger partial charge < -0.3 is 4.57 Å². The fourth-order valence-electron chi connectivity index (χ4n) is 8.92. The maximum Gasteiger partial charge on any atom is 0.244 e. The van der Waals surface area contributed by atoms with Gasteiger partial charge in [-0.3, -0.25) is 0 Å². The van der Waals surface area contributed by atoms with Gasteiger partial charge >= 0.3 is 0 Å². The van der Waals surface area contributed by atoms with Crippen LogP contribution in [0.25, 0.3) is 90.1 Å². The zero-order valence-electron chi connectivity index (χ0n) is 24.5. The summed E-state index contributed by atoms with van der Waals surface area (Å²) >= 11 is 3.86. The van der Waals surface area contributed by atoms with Gasteiger partial charge in [-0.15, -0.1) is 22.7 Å². The standard InChI is InChI=1S/C42H22BNS2/c1-3-15-32-24(9-1)25-10-2-4-16-33(25)44(32)23-21-28-26-11-5-17-34-38(26)40-30(13-7-19-36(40)45-34)43-31-14-8-20-37-41(31)39-27(29(22-23)42(28)43)12-6-18-35(39)46-37/h1-22H. The van der Waals surface area contributed by atoms with Gasteiger partial charge in [0.15, 0.2) is 0 Å². The van der Waals surface area contributed by atoms with Crippen molar-refractivity contribution in [2.24, 2.45) is 0 Å². The highest BCUT2D eigenvalue weighted by atomic mass is 32.1. The summed E-state index contributed by atoms with van der Waals surface area (Å²) in [4.78, 5) is 0. The zero-order valence-corrected chi connectivity index (χ0v) is 26.2. The number of para-hydroxylation sites is 2. The molecular weight excluding hydrogens is 593 g/mol. The number of aromatic nitrogens is 1. The maximum absolute atomic E-state index is 2.51. The molecule has 2 aliphatic rings. The Labute approximate surface area is 272 Å². The third-order valence-corrected chi connectivity index (χ3v) is 12.8. The van der Waals surface area contributed by atoms with E-state index in [4.69, 9.17) is 0 Å². The molecule has 46 heavy (non-hydrogen) atoms. The van der Waals surface area contributed by atoms with Crippen molar-refractivity contribution in [2.45, 2.75) is 0 Å². The van der Waals surface area contributed by atoms with Crippen molar-refractivity contribution in [3.05, 3.63) is 133 Å². The summed E-state index contributed by atoms with van der Waals surface area (Å²) in [7, 11) is 0. The molecule has 0 radical (unpaired) electrons. The van der Waals surface area contributed by atoms with E-state index in [1.807, 2.05) is 22.7 Å². The first-order chi connectivity index (χ1) is 22.8. The van der Waals surface area contributed by atoms with Crippen LogP contribution in [0.1, 0.15) is 0 Å². The summed E-state index contributed by atoms with van der Waals surface area (Å²) in [5.74, 6) is 0. The van der Waals surface area contributed by atoms with Crippen molar-refractivity contribution in [3.8, 4) is 27.9 Å². The van der Waals surface area contributed by atoms with Gasteiger partial charge in [0, 0.05) is 46.0 Å². The molecule has 7 aromatic carbocycles. The number of nitrogens with zero attached hydrogens (tertiary/aromatic N) is 1. The molecule has 0 amide bonds. The second-order valence-electron chi connectivity index (χ2n) is 12.8. The van der Waals surface area contributed by atoms with E-state index < -0.39 is 0 Å². The Hall–Kier alpha value is -5.16. The molecule has 0 bridgehead atoms. The first-order valence-corrected chi connectivity index (χ1v) is 17.5. The maximum atomic E-state index is 2.51. The van der Waals surface area contributed by atoms with Crippen LogP contribution in [0.2, 0.25) is 0 Å². The molecule has 1 nitrogen and oxygen atoms in total. The van der Waals surface area contributed by atoms with Crippen molar-refractivity contribution in [3.63, 3.8) is 0 Å². The third-order valence-electron chi connectivity index (χ3n) is 10.6. The van der Waals surface area contributed by atoms with E-state index in [9.17, 15) is 0 Å². The van der Waals surface area contributed by atoms with E-state index in [1.165, 1.54) is 106 Å². The Kier molecular flexibility index (Phi) is 4.38. The number of hydrogen-bond acceptors (Lipinski definition) is 2. The quantitative estimate of drug-likeness (QED) is 0.162. The first kappa shape index (κ1) is 24.1. The lowest BCUT2D eigenvalue weighted by Gasteiger charge is -2.23. The van der Waals surface area contributed by atoms with Crippen LogP contribution in [0.5, 0.6) is 0 Å². The van der Waals surface area contributed by atoms with Gasteiger partial charge in [-0.1, -0.05) is 101 Å². The van der Waals surface area contributed by atoms with E-state index >= 15 is 0 Å². The lowest BCUT2D eigenvalue weighted by molar-refractivity contribution is 1.18. The van der Waals surface area contributed by atoms with Crippen molar-refractivity contribution in [1.29, 1.82) is 0 Å². The number of hydrogen-bond donors (Lipinski definition) is 0. The molecule has 0 spiro atoms. The van der Waals surface area contributed by atoms with Crippen LogP contribution < -0.4 is 16.4 Å². The minimum Gasteiger partial charge on any atom is -0.309 e. The van der Waals surface area contributed by atoms with Gasteiger partial charge in [0.1, 0.15) is 0 Å². The zero-order chi connectivity index (χ0) is 29.7. The molecule has 0 N–H and O–H groups in total. The molecule has 2 aliphatic heterocycles. The van der Waals surface area contributed by atoms with E-state index in [0.717, 1.165) is 0 Å². The Morgan fingerprint density at radius 1 is 0.413 bits per heavy atom. The van der Waals surface area contributed by atoms with Gasteiger partial charge in [-0.2, -0.15) is 0 Å². The van der Waals surface area contributed by atoms with Crippen molar-refractivity contribution >= 4 is 108 Å². The minimum atomic E-state index is 0.125. The molecule has 0 atom stereocenters. The molecule has 3 aromatic heterocycles. The van der Waals surface area contributed by atoms with Crippen molar-refractivity contribution in [2.75, 3.05) is 0 Å². The number of benzene rings is 7. The second kappa shape index (κ2) is 8.35. The van der Waals surface area contributed by atoms with E-state index in [0.29, 0.717) is 0 Å². The van der Waals surface area contributed by atoms with Gasteiger partial charge in [0.05, 0.1) is 11.0 Å². The summed E-state index contributed by atoms with van der Waals surface area (Å²) in [6.07, 6.45) is 0. The molecule has 12 rings (SSSR count). The van der Waals surface area contributed by atoms with Crippen LogP contribution in [0, 0.1) is 0 Å². The largest absolute Gasteiger partial charge is 0.309 e. The normalized spacial score (nSPS) is 13.2. The lowest BCUT2D eigenvalue weighted by Crippen LogP contribution is -2.53. The summed E-state index contributed by atoms with van der Waals surface area (Å²) in [5.41, 5.74) is 13.4. The predicted octanol–water partition coefficient (Wildman–Crippen LogP) is 10.00. The van der Waals surface area contributed by atoms with Crippen LogP contribution in [-0.2, 0) is 0 Å². The first-order valence-electron chi connectivity index (χ1n) is 15.9. The van der Waals surface area contributed by atoms with Gasteiger partial charge in [0.2, 0.25) is 6.71 Å². The van der Waals surface area contributed by atoms with Crippen LogP contribution in [-0.4, -0.2) is 11.3 Å². The number of thiophene rings is 2. The predicted molar refractivity (Wildman–Crippen MR) is 202 cm³/mol. The number of rotatable bonds is 1. The van der Waals surface area contributed by atoms with Gasteiger partial charge in [-0.05, 0) is 81.6 Å². The molecular formula is C42H22BNS2. The summed E-state index contributed by atoms with van der Waals surface area (Å²) in [5, 5.41) is 8.25. The Morgan fingerprint density at radius 3 is 1.39 bits per heavy atom. The second-order valence-corrected chi connectivity index (χ2v) is 14.9. The molecule has 10 aromatic rings. The molecule has 0 fully saturated rings. The SMILES string of the molecule is c1cc2c3c(c1)sc1cccc(c13)-c1cc(-n3c4ccccc4c4ccccc43)cc3c1B2c1cccc2sc4cccc-3c4c12. The fourth-order valence-corrected chi connectivity index (χ4v) is 11.3. The third kappa shape index (κ3) is 2.80. The van der Waals surface area contributed by atoms with Gasteiger partial charge in [0.25, 0.3) is 0 Å². The van der Waals surface area contributed by atoms with E-state index in [2.05, 4.69) is 138 Å². The Balaban J connectivity index is 1.35. The highest BCUT2D eigenvalue weighted by molar-refractivity contribution is 7.27.